The lowest BCUT2D eigenvalue weighted by Gasteiger charge is -2.21. The van der Waals surface area contributed by atoms with Crippen LogP contribution in [0.5, 0.6) is 0 Å². The first-order valence-electron chi connectivity index (χ1n) is 11.1. The Morgan fingerprint density at radius 1 is 0.889 bits per heavy atom. The van der Waals surface area contributed by atoms with Crippen molar-refractivity contribution in [3.63, 3.8) is 0 Å². The Bertz CT molecular complexity index is 369. The van der Waals surface area contributed by atoms with Gasteiger partial charge in [0, 0.05) is 13.3 Å². The van der Waals surface area contributed by atoms with Crippen molar-refractivity contribution in [2.75, 3.05) is 0 Å². The molecule has 0 unspecified atom stereocenters. The highest BCUT2D eigenvalue weighted by Gasteiger charge is 2.12. The van der Waals surface area contributed by atoms with E-state index in [1.165, 1.54) is 96.2 Å². The number of hydrogen-bond acceptors (Lipinski definition) is 3. The van der Waals surface area contributed by atoms with Crippen LogP contribution >= 0.6 is 0 Å². The van der Waals surface area contributed by atoms with E-state index in [2.05, 4.69) is 6.58 Å². The Hall–Kier alpha value is -1.32. The molecule has 1 N–H and O–H groups in total. The summed E-state index contributed by atoms with van der Waals surface area (Å²) in [4.78, 5) is 20.1. The van der Waals surface area contributed by atoms with Gasteiger partial charge in [0.2, 0.25) is 0 Å². The predicted octanol–water partition coefficient (Wildman–Crippen LogP) is 7.03. The molecular weight excluding hydrogens is 340 g/mol. The number of esters is 1. The van der Waals surface area contributed by atoms with E-state index in [1.807, 2.05) is 0 Å². The van der Waals surface area contributed by atoms with E-state index in [0.29, 0.717) is 6.42 Å². The SMILES string of the molecule is C=COC(=O)CCCCCCCCCCCCC1CCCCC1.CC(=O)O. The van der Waals surface area contributed by atoms with Crippen molar-refractivity contribution in [3.8, 4) is 0 Å². The van der Waals surface area contributed by atoms with Gasteiger partial charge in [-0.15, -0.1) is 0 Å². The van der Waals surface area contributed by atoms with Crippen LogP contribution in [0.3, 0.4) is 0 Å². The molecule has 4 heteroatoms. The van der Waals surface area contributed by atoms with Crippen LogP contribution in [-0.2, 0) is 14.3 Å². The maximum absolute atomic E-state index is 11.1. The van der Waals surface area contributed by atoms with Gasteiger partial charge in [0.05, 0.1) is 6.26 Å². The van der Waals surface area contributed by atoms with Crippen LogP contribution in [0.4, 0.5) is 0 Å². The molecule has 0 aromatic heterocycles. The zero-order valence-corrected chi connectivity index (χ0v) is 17.6. The Kier molecular flexibility index (Phi) is 18.5. The second kappa shape index (κ2) is 19.4. The smallest absolute Gasteiger partial charge is 0.310 e. The third-order valence-corrected chi connectivity index (χ3v) is 5.18. The average molecular weight is 383 g/mol. The van der Waals surface area contributed by atoms with E-state index in [-0.39, 0.29) is 5.97 Å². The van der Waals surface area contributed by atoms with Gasteiger partial charge in [-0.2, -0.15) is 0 Å². The van der Waals surface area contributed by atoms with Crippen LogP contribution in [-0.4, -0.2) is 17.0 Å². The number of unbranched alkanes of at least 4 members (excludes halogenated alkanes) is 9. The molecule has 0 aromatic carbocycles. The van der Waals surface area contributed by atoms with Gasteiger partial charge in [-0.3, -0.25) is 9.59 Å². The monoisotopic (exact) mass is 382 g/mol. The van der Waals surface area contributed by atoms with Crippen LogP contribution in [0.1, 0.15) is 116 Å². The minimum Gasteiger partial charge on any atom is -0.481 e. The quantitative estimate of drug-likeness (QED) is 0.199. The van der Waals surface area contributed by atoms with Crippen molar-refractivity contribution in [1.82, 2.24) is 0 Å². The molecule has 0 bridgehead atoms. The van der Waals surface area contributed by atoms with Crippen LogP contribution in [0, 0.1) is 5.92 Å². The number of aliphatic carboxylic acids is 1. The van der Waals surface area contributed by atoms with Gasteiger partial charge in [-0.25, -0.2) is 0 Å². The van der Waals surface area contributed by atoms with Crippen molar-refractivity contribution < 1.29 is 19.4 Å². The lowest BCUT2D eigenvalue weighted by molar-refractivity contribution is -0.138. The molecule has 0 aliphatic heterocycles. The molecule has 4 nitrogen and oxygen atoms in total. The molecule has 1 fully saturated rings. The zero-order valence-electron chi connectivity index (χ0n) is 17.6. The zero-order chi connectivity index (χ0) is 20.2. The fraction of sp³-hybridized carbons (Fsp3) is 0.826. The Balaban J connectivity index is 0.00000153. The van der Waals surface area contributed by atoms with Crippen molar-refractivity contribution in [1.29, 1.82) is 0 Å². The number of carboxylic acids is 1. The van der Waals surface area contributed by atoms with Gasteiger partial charge in [-0.05, 0) is 12.3 Å². The molecule has 0 spiro atoms. The van der Waals surface area contributed by atoms with Gasteiger partial charge < -0.3 is 9.84 Å². The first-order chi connectivity index (χ1) is 13.1. The summed E-state index contributed by atoms with van der Waals surface area (Å²) in [5.74, 6) is 0.0840. The van der Waals surface area contributed by atoms with Crippen LogP contribution in [0.15, 0.2) is 12.8 Å². The van der Waals surface area contributed by atoms with Gasteiger partial charge in [0.25, 0.3) is 5.97 Å². The predicted molar refractivity (Wildman–Crippen MR) is 112 cm³/mol. The second-order valence-electron chi connectivity index (χ2n) is 7.75. The summed E-state index contributed by atoms with van der Waals surface area (Å²) in [6.45, 7) is 4.47. The minimum atomic E-state index is -0.833. The van der Waals surface area contributed by atoms with E-state index >= 15 is 0 Å². The summed E-state index contributed by atoms with van der Waals surface area (Å²) in [5, 5.41) is 7.42. The molecule has 1 saturated carbocycles. The minimum absolute atomic E-state index is 0.145. The lowest BCUT2D eigenvalue weighted by Crippen LogP contribution is -2.05. The van der Waals surface area contributed by atoms with E-state index in [0.717, 1.165) is 25.7 Å². The van der Waals surface area contributed by atoms with Gasteiger partial charge in [-0.1, -0.05) is 103 Å². The summed E-state index contributed by atoms with van der Waals surface area (Å²) >= 11 is 0. The largest absolute Gasteiger partial charge is 0.481 e. The standard InChI is InChI=1S/C21H38O2.C2H4O2/c1-2-23-21(22)19-15-10-8-6-4-3-5-7-9-12-16-20-17-13-11-14-18-20;1-2(3)4/h2,20H,1,3-19H2;1H3,(H,3,4). The highest BCUT2D eigenvalue weighted by Crippen LogP contribution is 2.28. The average Bonchev–Trinajstić information content (AvgIpc) is 2.63. The lowest BCUT2D eigenvalue weighted by atomic mass is 9.85. The third-order valence-electron chi connectivity index (χ3n) is 5.18. The van der Waals surface area contributed by atoms with Crippen molar-refractivity contribution in [3.05, 3.63) is 12.8 Å². The fourth-order valence-electron chi connectivity index (χ4n) is 3.74. The van der Waals surface area contributed by atoms with Crippen molar-refractivity contribution in [2.24, 2.45) is 5.92 Å². The Morgan fingerprint density at radius 3 is 1.81 bits per heavy atom. The molecule has 158 valence electrons. The second-order valence-corrected chi connectivity index (χ2v) is 7.75. The highest BCUT2D eigenvalue weighted by molar-refractivity contribution is 5.69. The molecule has 27 heavy (non-hydrogen) atoms. The normalized spacial score (nSPS) is 14.1. The van der Waals surface area contributed by atoms with Crippen LogP contribution in [0.2, 0.25) is 0 Å². The summed E-state index contributed by atoms with van der Waals surface area (Å²) in [6.07, 6.45) is 23.9. The number of carbonyl (C=O) groups is 2. The molecule has 0 amide bonds. The third kappa shape index (κ3) is 20.8. The first-order valence-corrected chi connectivity index (χ1v) is 11.1. The molecule has 0 radical (unpaired) electrons. The van der Waals surface area contributed by atoms with Gasteiger partial charge in [0.15, 0.2) is 0 Å². The molecule has 1 aliphatic rings. The summed E-state index contributed by atoms with van der Waals surface area (Å²) < 4.78 is 4.70. The van der Waals surface area contributed by atoms with Crippen LogP contribution in [0.25, 0.3) is 0 Å². The molecule has 0 saturated heterocycles. The molecular formula is C23H42O4. The fourth-order valence-corrected chi connectivity index (χ4v) is 3.74. The number of rotatable bonds is 14. The molecule has 0 aromatic rings. The Labute approximate surface area is 166 Å². The number of hydrogen-bond donors (Lipinski definition) is 1. The number of carboxylic acid groups (broad SMARTS) is 1. The topological polar surface area (TPSA) is 63.6 Å². The summed E-state index contributed by atoms with van der Waals surface area (Å²) in [7, 11) is 0. The number of ether oxygens (including phenoxy) is 1. The van der Waals surface area contributed by atoms with Crippen molar-refractivity contribution >= 4 is 11.9 Å². The van der Waals surface area contributed by atoms with E-state index in [1.54, 1.807) is 0 Å². The van der Waals surface area contributed by atoms with Crippen molar-refractivity contribution in [2.45, 2.75) is 116 Å². The highest BCUT2D eigenvalue weighted by atomic mass is 16.5. The van der Waals surface area contributed by atoms with Gasteiger partial charge in [0.1, 0.15) is 0 Å². The maximum atomic E-state index is 11.1. The van der Waals surface area contributed by atoms with E-state index < -0.39 is 5.97 Å². The first kappa shape index (κ1) is 25.7. The molecule has 1 rings (SSSR count). The summed E-state index contributed by atoms with van der Waals surface area (Å²) in [5.41, 5.74) is 0. The molecule has 1 aliphatic carbocycles. The van der Waals surface area contributed by atoms with Gasteiger partial charge >= 0.3 is 5.97 Å². The molecule has 0 atom stereocenters. The van der Waals surface area contributed by atoms with E-state index in [9.17, 15) is 4.79 Å². The summed E-state index contributed by atoms with van der Waals surface area (Å²) in [6, 6.07) is 0. The van der Waals surface area contributed by atoms with E-state index in [4.69, 9.17) is 14.6 Å². The van der Waals surface area contributed by atoms with Crippen LogP contribution < -0.4 is 0 Å². The maximum Gasteiger partial charge on any atom is 0.310 e. The molecule has 0 heterocycles. The number of carbonyl (C=O) groups excluding carboxylic acids is 1. The Morgan fingerprint density at radius 2 is 1.33 bits per heavy atom.